The number of aromatic nitrogens is 1. The molecule has 2 aromatic rings. The maximum atomic E-state index is 13.4. The Labute approximate surface area is 156 Å². The number of rotatable bonds is 5. The summed E-state index contributed by atoms with van der Waals surface area (Å²) >= 11 is 0. The number of alkyl halides is 2. The predicted molar refractivity (Wildman–Crippen MR) is 101 cm³/mol. The van der Waals surface area contributed by atoms with Crippen molar-refractivity contribution in [2.45, 2.75) is 37.7 Å². The molecule has 1 aliphatic carbocycles. The van der Waals surface area contributed by atoms with Crippen LogP contribution in [0.4, 0.5) is 20.3 Å². The van der Waals surface area contributed by atoms with Crippen LogP contribution in [0.25, 0.3) is 0 Å². The molecule has 5 nitrogen and oxygen atoms in total. The molecule has 0 amide bonds. The van der Waals surface area contributed by atoms with Gasteiger partial charge < -0.3 is 15.4 Å². The number of pyridine rings is 1. The van der Waals surface area contributed by atoms with E-state index in [2.05, 4.69) is 4.98 Å². The molecule has 1 aliphatic heterocycles. The van der Waals surface area contributed by atoms with Crippen molar-refractivity contribution in [1.29, 1.82) is 5.41 Å². The summed E-state index contributed by atoms with van der Waals surface area (Å²) < 4.78 is 32.6. The van der Waals surface area contributed by atoms with Gasteiger partial charge in [0.2, 0.25) is 0 Å². The molecule has 7 heteroatoms. The van der Waals surface area contributed by atoms with Gasteiger partial charge in [-0.25, -0.2) is 13.8 Å². The first kappa shape index (κ1) is 17.7. The van der Waals surface area contributed by atoms with Crippen LogP contribution < -0.4 is 15.4 Å². The summed E-state index contributed by atoms with van der Waals surface area (Å²) in [7, 11) is 0. The van der Waals surface area contributed by atoms with Gasteiger partial charge in [-0.2, -0.15) is 0 Å². The molecule has 0 spiro atoms. The van der Waals surface area contributed by atoms with Gasteiger partial charge in [-0.05, 0) is 43.2 Å². The zero-order valence-corrected chi connectivity index (χ0v) is 14.9. The van der Waals surface area contributed by atoms with Gasteiger partial charge in [0.15, 0.2) is 0 Å². The quantitative estimate of drug-likeness (QED) is 0.617. The maximum Gasteiger partial charge on any atom is 0.251 e. The average Bonchev–Trinajstić information content (AvgIpc) is 3.47. The van der Waals surface area contributed by atoms with Gasteiger partial charge in [0, 0.05) is 48.9 Å². The molecule has 0 unspecified atom stereocenters. The molecule has 1 saturated heterocycles. The molecule has 1 aromatic heterocycles. The number of hydrogen-bond donors (Lipinski definition) is 2. The standard InChI is InChI=1S/C20H22F2N4O/c21-20(22)6-9-26(10-7-20)18-11-13(5-8-25-18)19(24)16-12-15(3-4-17(16)23)27-14-1-2-14/h3-5,8,11-12,14,24H,1-2,6-7,9-10,23H2. The van der Waals surface area contributed by atoms with E-state index in [0.29, 0.717) is 28.4 Å². The first-order valence-corrected chi connectivity index (χ1v) is 9.16. The summed E-state index contributed by atoms with van der Waals surface area (Å²) in [6.07, 6.45) is 3.63. The van der Waals surface area contributed by atoms with Crippen LogP contribution in [-0.4, -0.2) is 35.8 Å². The van der Waals surface area contributed by atoms with E-state index in [1.165, 1.54) is 0 Å². The Hall–Kier alpha value is -2.70. The van der Waals surface area contributed by atoms with Crippen molar-refractivity contribution in [2.75, 3.05) is 23.7 Å². The minimum absolute atomic E-state index is 0.177. The van der Waals surface area contributed by atoms with Crippen molar-refractivity contribution >= 4 is 17.2 Å². The molecule has 0 bridgehead atoms. The smallest absolute Gasteiger partial charge is 0.251 e. The molecular weight excluding hydrogens is 350 g/mol. The molecule has 2 heterocycles. The number of ether oxygens (including phenoxy) is 1. The zero-order chi connectivity index (χ0) is 19.0. The minimum Gasteiger partial charge on any atom is -0.490 e. The van der Waals surface area contributed by atoms with Crippen molar-refractivity contribution < 1.29 is 13.5 Å². The van der Waals surface area contributed by atoms with Gasteiger partial charge in [-0.1, -0.05) is 0 Å². The Morgan fingerprint density at radius 2 is 1.93 bits per heavy atom. The Kier molecular flexibility index (Phi) is 4.45. The highest BCUT2D eigenvalue weighted by Crippen LogP contribution is 2.31. The Balaban J connectivity index is 1.55. The molecule has 0 atom stereocenters. The predicted octanol–water partition coefficient (Wildman–Crippen LogP) is 3.86. The molecule has 3 N–H and O–H groups in total. The number of nitrogens with two attached hydrogens (primary N) is 1. The SMILES string of the molecule is N=C(c1ccnc(N2CCC(F)(F)CC2)c1)c1cc(OC2CC2)ccc1N. The summed E-state index contributed by atoms with van der Waals surface area (Å²) in [6, 6.07) is 8.85. The summed E-state index contributed by atoms with van der Waals surface area (Å²) in [5.74, 6) is -1.28. The lowest BCUT2D eigenvalue weighted by Gasteiger charge is -2.32. The van der Waals surface area contributed by atoms with Gasteiger partial charge in [-0.15, -0.1) is 0 Å². The number of piperidine rings is 1. The normalized spacial score (nSPS) is 19.0. The number of nitrogen functional groups attached to an aromatic ring is 1. The van der Waals surface area contributed by atoms with Gasteiger partial charge >= 0.3 is 0 Å². The second kappa shape index (κ2) is 6.79. The van der Waals surface area contributed by atoms with Crippen LogP contribution in [0.3, 0.4) is 0 Å². The molecule has 27 heavy (non-hydrogen) atoms. The Morgan fingerprint density at radius 1 is 1.19 bits per heavy atom. The zero-order valence-electron chi connectivity index (χ0n) is 14.9. The van der Waals surface area contributed by atoms with Gasteiger partial charge in [0.05, 0.1) is 11.8 Å². The summed E-state index contributed by atoms with van der Waals surface area (Å²) in [5, 5.41) is 8.58. The van der Waals surface area contributed by atoms with Crippen molar-refractivity contribution in [3.63, 3.8) is 0 Å². The van der Waals surface area contributed by atoms with Crippen LogP contribution in [0, 0.1) is 5.41 Å². The third-order valence-electron chi connectivity index (χ3n) is 4.97. The molecule has 2 aliphatic rings. The van der Waals surface area contributed by atoms with Crippen LogP contribution in [0.15, 0.2) is 36.5 Å². The van der Waals surface area contributed by atoms with E-state index in [9.17, 15) is 8.78 Å². The fraction of sp³-hybridized carbons (Fsp3) is 0.400. The van der Waals surface area contributed by atoms with Crippen LogP contribution in [-0.2, 0) is 0 Å². The van der Waals surface area contributed by atoms with E-state index in [1.54, 1.807) is 30.5 Å². The molecule has 1 aromatic carbocycles. The van der Waals surface area contributed by atoms with Crippen molar-refractivity contribution in [2.24, 2.45) is 0 Å². The highest BCUT2D eigenvalue weighted by Gasteiger charge is 2.34. The fourth-order valence-corrected chi connectivity index (χ4v) is 3.17. The molecule has 2 fully saturated rings. The number of nitrogens with one attached hydrogen (secondary N) is 1. The summed E-state index contributed by atoms with van der Waals surface area (Å²) in [4.78, 5) is 6.14. The topological polar surface area (TPSA) is 75.2 Å². The average molecular weight is 372 g/mol. The van der Waals surface area contributed by atoms with E-state index < -0.39 is 5.92 Å². The second-order valence-electron chi connectivity index (χ2n) is 7.19. The van der Waals surface area contributed by atoms with Crippen molar-refractivity contribution in [1.82, 2.24) is 4.98 Å². The van der Waals surface area contributed by atoms with Crippen molar-refractivity contribution in [3.8, 4) is 5.75 Å². The summed E-state index contributed by atoms with van der Waals surface area (Å²) in [5.41, 5.74) is 8.08. The highest BCUT2D eigenvalue weighted by atomic mass is 19.3. The lowest BCUT2D eigenvalue weighted by atomic mass is 10.0. The van der Waals surface area contributed by atoms with E-state index >= 15 is 0 Å². The highest BCUT2D eigenvalue weighted by molar-refractivity contribution is 6.14. The first-order chi connectivity index (χ1) is 12.9. The first-order valence-electron chi connectivity index (χ1n) is 9.16. The van der Waals surface area contributed by atoms with Crippen LogP contribution in [0.2, 0.25) is 0 Å². The third kappa shape index (κ3) is 4.02. The lowest BCUT2D eigenvalue weighted by Crippen LogP contribution is -2.39. The van der Waals surface area contributed by atoms with E-state index in [-0.39, 0.29) is 37.7 Å². The Bertz CT molecular complexity index is 857. The van der Waals surface area contributed by atoms with E-state index in [1.807, 2.05) is 11.0 Å². The number of nitrogens with zero attached hydrogens (tertiary/aromatic N) is 2. The monoisotopic (exact) mass is 372 g/mol. The van der Waals surface area contributed by atoms with Crippen LogP contribution in [0.5, 0.6) is 5.75 Å². The molecule has 4 rings (SSSR count). The number of benzene rings is 1. The largest absolute Gasteiger partial charge is 0.490 e. The van der Waals surface area contributed by atoms with Gasteiger partial charge in [-0.3, -0.25) is 5.41 Å². The van der Waals surface area contributed by atoms with E-state index in [4.69, 9.17) is 15.9 Å². The Morgan fingerprint density at radius 3 is 2.63 bits per heavy atom. The van der Waals surface area contributed by atoms with Gasteiger partial charge in [0.1, 0.15) is 11.6 Å². The maximum absolute atomic E-state index is 13.4. The molecule has 1 saturated carbocycles. The number of anilines is 2. The number of halogens is 2. The van der Waals surface area contributed by atoms with Crippen molar-refractivity contribution in [3.05, 3.63) is 47.7 Å². The van der Waals surface area contributed by atoms with Crippen LogP contribution >= 0.6 is 0 Å². The third-order valence-corrected chi connectivity index (χ3v) is 4.97. The fourth-order valence-electron chi connectivity index (χ4n) is 3.17. The lowest BCUT2D eigenvalue weighted by molar-refractivity contribution is -0.0221. The number of hydrogen-bond acceptors (Lipinski definition) is 5. The second-order valence-corrected chi connectivity index (χ2v) is 7.19. The van der Waals surface area contributed by atoms with Crippen LogP contribution in [0.1, 0.15) is 36.8 Å². The summed E-state index contributed by atoms with van der Waals surface area (Å²) in [6.45, 7) is 0.507. The van der Waals surface area contributed by atoms with E-state index in [0.717, 1.165) is 12.8 Å². The molecule has 142 valence electrons. The molecule has 0 radical (unpaired) electrons. The molecular formula is C20H22F2N4O. The minimum atomic E-state index is -2.60. The van der Waals surface area contributed by atoms with Gasteiger partial charge in [0.25, 0.3) is 5.92 Å².